The summed E-state index contributed by atoms with van der Waals surface area (Å²) in [6.45, 7) is 2.55. The summed E-state index contributed by atoms with van der Waals surface area (Å²) in [4.78, 5) is 29.5. The van der Waals surface area contributed by atoms with Crippen molar-refractivity contribution in [3.8, 4) is 0 Å². The van der Waals surface area contributed by atoms with E-state index in [1.165, 1.54) is 4.90 Å². The standard InChI is InChI=1S/C19H17BrN2O2/c1-11-3-6-13(7-4-11)22-18(23)15-10-21(2)16-8-5-12(20)9-14(16)17(15)19(22)24/h3-9,15,17H,10H2,1-2H3/t15-,17+/m0/s1. The molecule has 2 aliphatic rings. The molecule has 0 aliphatic carbocycles. The van der Waals surface area contributed by atoms with Gasteiger partial charge in [-0.3, -0.25) is 9.59 Å². The van der Waals surface area contributed by atoms with Crippen molar-refractivity contribution in [1.82, 2.24) is 0 Å². The second kappa shape index (κ2) is 5.45. The first-order chi connectivity index (χ1) is 11.5. The third kappa shape index (κ3) is 2.18. The molecule has 0 N–H and O–H groups in total. The highest BCUT2D eigenvalue weighted by Gasteiger charge is 2.52. The van der Waals surface area contributed by atoms with Gasteiger partial charge in [-0.2, -0.15) is 0 Å². The van der Waals surface area contributed by atoms with Crippen LogP contribution in [0.2, 0.25) is 0 Å². The van der Waals surface area contributed by atoms with Crippen LogP contribution in [0.1, 0.15) is 17.0 Å². The van der Waals surface area contributed by atoms with E-state index < -0.39 is 5.92 Å². The molecule has 1 fully saturated rings. The van der Waals surface area contributed by atoms with E-state index in [0.29, 0.717) is 12.2 Å². The van der Waals surface area contributed by atoms with Crippen molar-refractivity contribution in [2.45, 2.75) is 12.8 Å². The zero-order valence-corrected chi connectivity index (χ0v) is 15.1. The van der Waals surface area contributed by atoms with Crippen LogP contribution in [0.15, 0.2) is 46.9 Å². The molecule has 2 aromatic carbocycles. The van der Waals surface area contributed by atoms with E-state index in [4.69, 9.17) is 0 Å². The molecule has 1 saturated heterocycles. The average molecular weight is 385 g/mol. The molecule has 2 amide bonds. The Hall–Kier alpha value is -2.14. The number of aryl methyl sites for hydroxylation is 1. The van der Waals surface area contributed by atoms with Gasteiger partial charge < -0.3 is 4.90 Å². The van der Waals surface area contributed by atoms with Gasteiger partial charge in [0.1, 0.15) is 0 Å². The van der Waals surface area contributed by atoms with E-state index in [1.807, 2.05) is 56.4 Å². The Morgan fingerprint density at radius 3 is 2.46 bits per heavy atom. The summed E-state index contributed by atoms with van der Waals surface area (Å²) in [5.74, 6) is -0.958. The number of benzene rings is 2. The Bertz CT molecular complexity index is 847. The first-order valence-electron chi connectivity index (χ1n) is 7.92. The largest absolute Gasteiger partial charge is 0.374 e. The number of hydrogen-bond acceptors (Lipinski definition) is 3. The van der Waals surface area contributed by atoms with E-state index in [-0.39, 0.29) is 17.7 Å². The highest BCUT2D eigenvalue weighted by molar-refractivity contribution is 9.10. The van der Waals surface area contributed by atoms with Crippen molar-refractivity contribution in [3.05, 3.63) is 58.1 Å². The third-order valence-electron chi connectivity index (χ3n) is 4.93. The Morgan fingerprint density at radius 1 is 1.04 bits per heavy atom. The number of fused-ring (bicyclic) bond motifs is 3. The summed E-state index contributed by atoms with van der Waals surface area (Å²) in [7, 11) is 1.97. The van der Waals surface area contributed by atoms with Crippen LogP contribution < -0.4 is 9.80 Å². The van der Waals surface area contributed by atoms with Crippen LogP contribution in [-0.2, 0) is 9.59 Å². The Kier molecular flexibility index (Phi) is 3.49. The molecule has 2 aromatic rings. The molecule has 2 atom stereocenters. The molecule has 5 heteroatoms. The topological polar surface area (TPSA) is 40.6 Å². The molecule has 2 aliphatic heterocycles. The fourth-order valence-corrected chi connectivity index (χ4v) is 4.10. The SMILES string of the molecule is Cc1ccc(N2C(=O)[C@H]3CN(C)c4ccc(Br)cc4[C@H]3C2=O)cc1. The van der Waals surface area contributed by atoms with Gasteiger partial charge >= 0.3 is 0 Å². The predicted octanol–water partition coefficient (Wildman–Crippen LogP) is 3.48. The lowest BCUT2D eigenvalue weighted by molar-refractivity contribution is -0.122. The van der Waals surface area contributed by atoms with Crippen LogP contribution in [-0.4, -0.2) is 25.4 Å². The molecule has 122 valence electrons. The third-order valence-corrected chi connectivity index (χ3v) is 5.42. The number of carbonyl (C=O) groups excluding carboxylic acids is 2. The van der Waals surface area contributed by atoms with E-state index in [9.17, 15) is 9.59 Å². The lowest BCUT2D eigenvalue weighted by Crippen LogP contribution is -2.37. The fourth-order valence-electron chi connectivity index (χ4n) is 3.73. The van der Waals surface area contributed by atoms with Crippen LogP contribution in [0.3, 0.4) is 0 Å². The average Bonchev–Trinajstić information content (AvgIpc) is 2.79. The minimum absolute atomic E-state index is 0.105. The summed E-state index contributed by atoms with van der Waals surface area (Å²) < 4.78 is 0.921. The number of amides is 2. The van der Waals surface area contributed by atoms with Crippen LogP contribution in [0, 0.1) is 12.8 Å². The number of anilines is 2. The molecule has 0 aromatic heterocycles. The molecular weight excluding hydrogens is 368 g/mol. The monoisotopic (exact) mass is 384 g/mol. The van der Waals surface area contributed by atoms with Crippen molar-refractivity contribution >= 4 is 39.1 Å². The van der Waals surface area contributed by atoms with Crippen molar-refractivity contribution < 1.29 is 9.59 Å². The van der Waals surface area contributed by atoms with Gasteiger partial charge in [0.15, 0.2) is 0 Å². The van der Waals surface area contributed by atoms with Crippen LogP contribution in [0.25, 0.3) is 0 Å². The van der Waals surface area contributed by atoms with Crippen molar-refractivity contribution in [3.63, 3.8) is 0 Å². The van der Waals surface area contributed by atoms with Crippen LogP contribution in [0.4, 0.5) is 11.4 Å². The van der Waals surface area contributed by atoms with E-state index in [1.54, 1.807) is 0 Å². The summed E-state index contributed by atoms with van der Waals surface area (Å²) in [5.41, 5.74) is 3.70. The minimum atomic E-state index is -0.400. The fraction of sp³-hybridized carbons (Fsp3) is 0.263. The van der Waals surface area contributed by atoms with Crippen molar-refractivity contribution in [2.24, 2.45) is 5.92 Å². The molecule has 0 spiro atoms. The lowest BCUT2D eigenvalue weighted by Gasteiger charge is -2.33. The molecule has 4 rings (SSSR count). The number of imide groups is 1. The summed E-state index contributed by atoms with van der Waals surface area (Å²) >= 11 is 3.48. The van der Waals surface area contributed by atoms with Gasteiger partial charge in [-0.05, 0) is 42.8 Å². The molecular formula is C19H17BrN2O2. The van der Waals surface area contributed by atoms with Crippen molar-refractivity contribution in [2.75, 3.05) is 23.4 Å². The Balaban J connectivity index is 1.81. The molecule has 0 bridgehead atoms. The second-order valence-corrected chi connectivity index (χ2v) is 7.43. The summed E-state index contributed by atoms with van der Waals surface area (Å²) in [6.07, 6.45) is 0. The summed E-state index contributed by atoms with van der Waals surface area (Å²) in [6, 6.07) is 13.5. The van der Waals surface area contributed by atoms with Gasteiger partial charge in [0.2, 0.25) is 11.8 Å². The van der Waals surface area contributed by atoms with E-state index in [0.717, 1.165) is 21.3 Å². The highest BCUT2D eigenvalue weighted by atomic mass is 79.9. The number of rotatable bonds is 1. The number of carbonyl (C=O) groups is 2. The smallest absolute Gasteiger partial charge is 0.242 e. The maximum absolute atomic E-state index is 13.1. The van der Waals surface area contributed by atoms with Crippen LogP contribution in [0.5, 0.6) is 0 Å². The zero-order chi connectivity index (χ0) is 17.0. The van der Waals surface area contributed by atoms with Gasteiger partial charge in [-0.25, -0.2) is 4.90 Å². The molecule has 0 saturated carbocycles. The van der Waals surface area contributed by atoms with Gasteiger partial charge in [-0.15, -0.1) is 0 Å². The Morgan fingerprint density at radius 2 is 1.75 bits per heavy atom. The van der Waals surface area contributed by atoms with Crippen molar-refractivity contribution in [1.29, 1.82) is 0 Å². The van der Waals surface area contributed by atoms with Gasteiger partial charge in [0, 0.05) is 23.8 Å². The lowest BCUT2D eigenvalue weighted by atomic mass is 9.83. The maximum Gasteiger partial charge on any atom is 0.242 e. The molecule has 2 heterocycles. The number of nitrogens with zero attached hydrogens (tertiary/aromatic N) is 2. The Labute approximate surface area is 149 Å². The molecule has 0 radical (unpaired) electrons. The predicted molar refractivity (Wildman–Crippen MR) is 97.3 cm³/mol. The van der Waals surface area contributed by atoms with Gasteiger partial charge in [-0.1, -0.05) is 33.6 Å². The minimum Gasteiger partial charge on any atom is -0.374 e. The van der Waals surface area contributed by atoms with E-state index in [2.05, 4.69) is 20.8 Å². The van der Waals surface area contributed by atoms with Gasteiger partial charge in [0.05, 0.1) is 17.5 Å². The first kappa shape index (κ1) is 15.4. The number of hydrogen-bond donors (Lipinski definition) is 0. The molecule has 4 nitrogen and oxygen atoms in total. The number of halogens is 1. The second-order valence-electron chi connectivity index (χ2n) is 6.52. The summed E-state index contributed by atoms with van der Waals surface area (Å²) in [5, 5.41) is 0. The van der Waals surface area contributed by atoms with Crippen LogP contribution >= 0.6 is 15.9 Å². The highest BCUT2D eigenvalue weighted by Crippen LogP contribution is 2.45. The first-order valence-corrected chi connectivity index (χ1v) is 8.72. The van der Waals surface area contributed by atoms with Gasteiger partial charge in [0.25, 0.3) is 0 Å². The normalized spacial score (nSPS) is 22.6. The maximum atomic E-state index is 13.1. The molecule has 0 unspecified atom stereocenters. The van der Waals surface area contributed by atoms with E-state index >= 15 is 0 Å². The zero-order valence-electron chi connectivity index (χ0n) is 13.5. The quantitative estimate of drug-likeness (QED) is 0.706. The molecule has 24 heavy (non-hydrogen) atoms.